The third-order valence-electron chi connectivity index (χ3n) is 6.16. The molecule has 1 spiro atoms. The molecule has 3 aliphatic rings. The molecule has 0 bridgehead atoms. The summed E-state index contributed by atoms with van der Waals surface area (Å²) < 4.78 is 39.7. The van der Waals surface area contributed by atoms with Crippen LogP contribution in [0.5, 0.6) is 17.2 Å². The number of aromatic nitrogens is 2. The number of nitrogens with zero attached hydrogens (tertiary/aromatic N) is 2. The third-order valence-corrected chi connectivity index (χ3v) is 6.16. The number of halogens is 2. The van der Waals surface area contributed by atoms with Gasteiger partial charge >= 0.3 is 6.03 Å². The van der Waals surface area contributed by atoms with E-state index in [-0.39, 0.29) is 34.8 Å². The molecule has 2 aliphatic carbocycles. The molecule has 31 heavy (non-hydrogen) atoms. The van der Waals surface area contributed by atoms with E-state index in [0.717, 1.165) is 12.1 Å². The number of carbonyl (C=O) groups is 1. The summed E-state index contributed by atoms with van der Waals surface area (Å²) in [6.45, 7) is 0. The molecule has 4 atom stereocenters. The van der Waals surface area contributed by atoms with Gasteiger partial charge in [0.05, 0.1) is 12.4 Å². The van der Waals surface area contributed by atoms with E-state index >= 15 is 0 Å². The Bertz CT molecular complexity index is 1190. The first-order chi connectivity index (χ1) is 15.1. The van der Waals surface area contributed by atoms with Crippen LogP contribution in [0.25, 0.3) is 0 Å². The quantitative estimate of drug-likeness (QED) is 0.664. The number of ether oxygens (including phenoxy) is 2. The Morgan fingerprint density at radius 1 is 1.13 bits per heavy atom. The number of nitrogens with one attached hydrogen (secondary N) is 2. The molecule has 6 rings (SSSR count). The SMILES string of the molecule is O=C(Nc1ccc(Oc2cccnc2)cn1)N[C@H]1[C@H]2c3c(F)ccc(F)c3O[C@@H]3C[C@]231. The molecule has 9 heteroatoms. The second kappa shape index (κ2) is 6.37. The van der Waals surface area contributed by atoms with Crippen molar-refractivity contribution in [2.75, 3.05) is 5.32 Å². The summed E-state index contributed by atoms with van der Waals surface area (Å²) >= 11 is 0. The van der Waals surface area contributed by atoms with Crippen LogP contribution >= 0.6 is 0 Å². The molecule has 2 aromatic heterocycles. The minimum absolute atomic E-state index is 0.0290. The average Bonchev–Trinajstić information content (AvgIpc) is 3.65. The van der Waals surface area contributed by atoms with Gasteiger partial charge in [-0.1, -0.05) is 0 Å². The van der Waals surface area contributed by atoms with E-state index in [0.29, 0.717) is 23.7 Å². The molecule has 1 aliphatic heterocycles. The van der Waals surface area contributed by atoms with Gasteiger partial charge in [0, 0.05) is 29.1 Å². The van der Waals surface area contributed by atoms with Gasteiger partial charge in [0.1, 0.15) is 29.2 Å². The maximum absolute atomic E-state index is 14.4. The Balaban J connectivity index is 1.12. The smallest absolute Gasteiger partial charge is 0.320 e. The Labute approximate surface area is 175 Å². The van der Waals surface area contributed by atoms with Crippen molar-refractivity contribution in [1.29, 1.82) is 0 Å². The fraction of sp³-hybridized carbons (Fsp3) is 0.227. The van der Waals surface area contributed by atoms with Crippen molar-refractivity contribution in [2.45, 2.75) is 24.5 Å². The first-order valence-corrected chi connectivity index (χ1v) is 9.82. The lowest BCUT2D eigenvalue weighted by Crippen LogP contribution is -2.32. The van der Waals surface area contributed by atoms with Crippen LogP contribution in [0.15, 0.2) is 55.0 Å². The van der Waals surface area contributed by atoms with E-state index in [1.807, 2.05) is 0 Å². The van der Waals surface area contributed by atoms with Crippen LogP contribution in [0.4, 0.5) is 19.4 Å². The molecule has 0 saturated heterocycles. The van der Waals surface area contributed by atoms with Gasteiger partial charge in [-0.15, -0.1) is 0 Å². The molecule has 3 aromatic rings. The van der Waals surface area contributed by atoms with Crippen molar-refractivity contribution < 1.29 is 23.0 Å². The standard InChI is InChI=1S/C22H16F2N4O3/c23-13-4-5-14(24)19-17(13)18-20(22(18)8-15(22)31-19)28-21(29)27-16-6-3-12(10-26-16)30-11-2-1-7-25-9-11/h1-7,9-10,15,18,20H,8H2,(H2,26,27,28,29)/t15-,18-,20+,22-/m1/s1. The Morgan fingerprint density at radius 2 is 1.97 bits per heavy atom. The lowest BCUT2D eigenvalue weighted by molar-refractivity contribution is 0.242. The van der Waals surface area contributed by atoms with E-state index in [1.54, 1.807) is 36.7 Å². The molecule has 2 saturated carbocycles. The summed E-state index contributed by atoms with van der Waals surface area (Å²) in [6.07, 6.45) is 5.17. The van der Waals surface area contributed by atoms with Crippen LogP contribution in [0.1, 0.15) is 17.9 Å². The Morgan fingerprint density at radius 3 is 2.74 bits per heavy atom. The lowest BCUT2D eigenvalue weighted by atomic mass is 10.0. The van der Waals surface area contributed by atoms with Crippen LogP contribution in [0.2, 0.25) is 0 Å². The average molecular weight is 422 g/mol. The van der Waals surface area contributed by atoms with Gasteiger partial charge in [-0.3, -0.25) is 10.3 Å². The highest BCUT2D eigenvalue weighted by Gasteiger charge is 2.83. The predicted octanol–water partition coefficient (Wildman–Crippen LogP) is 3.99. The van der Waals surface area contributed by atoms with Gasteiger partial charge in [-0.2, -0.15) is 0 Å². The normalized spacial score (nSPS) is 26.5. The van der Waals surface area contributed by atoms with Gasteiger partial charge in [0.25, 0.3) is 0 Å². The second-order valence-electron chi connectivity index (χ2n) is 7.92. The van der Waals surface area contributed by atoms with Crippen molar-refractivity contribution in [1.82, 2.24) is 15.3 Å². The number of rotatable bonds is 4. The number of hydrogen-bond donors (Lipinski definition) is 2. The first-order valence-electron chi connectivity index (χ1n) is 9.82. The lowest BCUT2D eigenvalue weighted by Gasteiger charge is -2.16. The minimum atomic E-state index is -0.579. The molecule has 156 valence electrons. The van der Waals surface area contributed by atoms with Crippen LogP contribution < -0.4 is 20.1 Å². The number of urea groups is 1. The summed E-state index contributed by atoms with van der Waals surface area (Å²) in [7, 11) is 0. The molecule has 7 nitrogen and oxygen atoms in total. The summed E-state index contributed by atoms with van der Waals surface area (Å²) in [5, 5.41) is 5.53. The van der Waals surface area contributed by atoms with E-state index in [4.69, 9.17) is 9.47 Å². The van der Waals surface area contributed by atoms with Gasteiger partial charge < -0.3 is 14.8 Å². The molecular formula is C22H16F2N4O3. The highest BCUT2D eigenvalue weighted by Crippen LogP contribution is 2.79. The molecule has 2 amide bonds. The van der Waals surface area contributed by atoms with Gasteiger partial charge in [-0.05, 0) is 42.8 Å². The van der Waals surface area contributed by atoms with Gasteiger partial charge in [0.15, 0.2) is 11.6 Å². The largest absolute Gasteiger partial charge is 0.486 e. The summed E-state index contributed by atoms with van der Waals surface area (Å²) in [5.74, 6) is -0.00357. The summed E-state index contributed by atoms with van der Waals surface area (Å²) in [6, 6.07) is 8.18. The van der Waals surface area contributed by atoms with Crippen molar-refractivity contribution in [2.24, 2.45) is 5.41 Å². The van der Waals surface area contributed by atoms with E-state index in [9.17, 15) is 13.6 Å². The highest BCUT2D eigenvalue weighted by atomic mass is 19.1. The molecule has 0 unspecified atom stereocenters. The van der Waals surface area contributed by atoms with Crippen LogP contribution in [-0.4, -0.2) is 28.1 Å². The maximum Gasteiger partial charge on any atom is 0.320 e. The first kappa shape index (κ1) is 18.1. The van der Waals surface area contributed by atoms with Crippen molar-refractivity contribution in [3.05, 3.63) is 72.2 Å². The number of fused-ring (bicyclic) bond motifs is 2. The predicted molar refractivity (Wildman–Crippen MR) is 105 cm³/mol. The Hall–Kier alpha value is -3.75. The van der Waals surface area contributed by atoms with Crippen LogP contribution in [0, 0.1) is 17.0 Å². The number of carbonyl (C=O) groups excluding carboxylic acids is 1. The Kier molecular flexibility index (Phi) is 3.71. The topological polar surface area (TPSA) is 85.4 Å². The van der Waals surface area contributed by atoms with E-state index in [2.05, 4.69) is 20.6 Å². The second-order valence-corrected chi connectivity index (χ2v) is 7.92. The summed E-state index contributed by atoms with van der Waals surface area (Å²) in [4.78, 5) is 20.6. The molecule has 3 heterocycles. The minimum Gasteiger partial charge on any atom is -0.486 e. The molecule has 2 fully saturated rings. The summed E-state index contributed by atoms with van der Waals surface area (Å²) in [5.41, 5.74) is -0.123. The number of hydrogen-bond acceptors (Lipinski definition) is 5. The zero-order valence-corrected chi connectivity index (χ0v) is 16.0. The number of anilines is 1. The molecule has 2 N–H and O–H groups in total. The number of pyridine rings is 2. The zero-order valence-electron chi connectivity index (χ0n) is 16.0. The van der Waals surface area contributed by atoms with Crippen molar-refractivity contribution in [3.8, 4) is 17.2 Å². The van der Waals surface area contributed by atoms with Crippen molar-refractivity contribution in [3.63, 3.8) is 0 Å². The van der Waals surface area contributed by atoms with Gasteiger partial charge in [0.2, 0.25) is 0 Å². The fourth-order valence-electron chi connectivity index (χ4n) is 4.63. The maximum atomic E-state index is 14.4. The monoisotopic (exact) mass is 422 g/mol. The number of benzene rings is 1. The van der Waals surface area contributed by atoms with Crippen LogP contribution in [-0.2, 0) is 0 Å². The molecule has 1 aromatic carbocycles. The van der Waals surface area contributed by atoms with Gasteiger partial charge in [-0.25, -0.2) is 18.6 Å². The highest BCUT2D eigenvalue weighted by molar-refractivity contribution is 5.89. The molecule has 0 radical (unpaired) electrons. The van der Waals surface area contributed by atoms with Crippen molar-refractivity contribution >= 4 is 11.8 Å². The fourth-order valence-corrected chi connectivity index (χ4v) is 4.63. The molecular weight excluding hydrogens is 406 g/mol. The third kappa shape index (κ3) is 2.80. The zero-order chi connectivity index (χ0) is 21.2. The number of amides is 2. The van der Waals surface area contributed by atoms with Crippen LogP contribution in [0.3, 0.4) is 0 Å². The van der Waals surface area contributed by atoms with E-state index < -0.39 is 17.7 Å². The van der Waals surface area contributed by atoms with E-state index in [1.165, 1.54) is 6.20 Å².